The van der Waals surface area contributed by atoms with Gasteiger partial charge in [0.1, 0.15) is 12.7 Å². The van der Waals surface area contributed by atoms with E-state index >= 15 is 0 Å². The molecule has 1 heterocycles. The molecule has 0 spiro atoms. The molecular formula is C13H27IN6. The van der Waals surface area contributed by atoms with E-state index in [0.717, 1.165) is 38.4 Å². The van der Waals surface area contributed by atoms with E-state index in [1.54, 1.807) is 12.7 Å². The number of hydrogen-bond acceptors (Lipinski definition) is 3. The third kappa shape index (κ3) is 9.11. The molecule has 0 amide bonds. The summed E-state index contributed by atoms with van der Waals surface area (Å²) in [6, 6.07) is 0. The summed E-state index contributed by atoms with van der Waals surface area (Å²) in [6.07, 6.45) is 9.43. The van der Waals surface area contributed by atoms with E-state index in [4.69, 9.17) is 0 Å². The van der Waals surface area contributed by atoms with Crippen LogP contribution in [0.5, 0.6) is 0 Å². The van der Waals surface area contributed by atoms with E-state index in [-0.39, 0.29) is 24.0 Å². The van der Waals surface area contributed by atoms with Crippen LogP contribution < -0.4 is 10.6 Å². The Hall–Kier alpha value is -0.860. The Morgan fingerprint density at radius 2 is 1.65 bits per heavy atom. The minimum absolute atomic E-state index is 0. The van der Waals surface area contributed by atoms with Gasteiger partial charge in [0.2, 0.25) is 0 Å². The van der Waals surface area contributed by atoms with Crippen molar-refractivity contribution in [3.63, 3.8) is 0 Å². The van der Waals surface area contributed by atoms with E-state index in [2.05, 4.69) is 32.7 Å². The smallest absolute Gasteiger partial charge is 0.190 e. The Morgan fingerprint density at radius 1 is 1.05 bits per heavy atom. The van der Waals surface area contributed by atoms with Gasteiger partial charge in [0.25, 0.3) is 0 Å². The Bertz CT molecular complexity index is 339. The summed E-state index contributed by atoms with van der Waals surface area (Å²) in [5.74, 6) is 0.903. The molecule has 0 fully saturated rings. The molecule has 0 aliphatic heterocycles. The lowest BCUT2D eigenvalue weighted by Crippen LogP contribution is -2.38. The first kappa shape index (κ1) is 19.1. The molecule has 20 heavy (non-hydrogen) atoms. The van der Waals surface area contributed by atoms with Crippen LogP contribution in [0.1, 0.15) is 39.0 Å². The Balaban J connectivity index is 0.00000361. The SMILES string of the molecule is CCCCCNC(=NC)NCCCCn1cnnc1.I. The highest BCUT2D eigenvalue weighted by molar-refractivity contribution is 14.0. The van der Waals surface area contributed by atoms with Crippen LogP contribution in [-0.2, 0) is 6.54 Å². The normalized spacial score (nSPS) is 11.0. The van der Waals surface area contributed by atoms with Crippen LogP contribution >= 0.6 is 24.0 Å². The van der Waals surface area contributed by atoms with Crippen LogP contribution in [0.4, 0.5) is 0 Å². The summed E-state index contributed by atoms with van der Waals surface area (Å²) in [5.41, 5.74) is 0. The van der Waals surface area contributed by atoms with Crippen LogP contribution in [0.25, 0.3) is 0 Å². The number of aromatic nitrogens is 3. The number of hydrogen-bond donors (Lipinski definition) is 2. The fraction of sp³-hybridized carbons (Fsp3) is 0.769. The van der Waals surface area contributed by atoms with Crippen LogP contribution in [0.15, 0.2) is 17.6 Å². The van der Waals surface area contributed by atoms with Gasteiger partial charge in [-0.05, 0) is 19.3 Å². The molecule has 1 aromatic heterocycles. The summed E-state index contributed by atoms with van der Waals surface area (Å²) >= 11 is 0. The average Bonchev–Trinajstić information content (AvgIpc) is 2.94. The minimum Gasteiger partial charge on any atom is -0.356 e. The Morgan fingerprint density at radius 3 is 2.20 bits per heavy atom. The maximum Gasteiger partial charge on any atom is 0.190 e. The molecule has 1 rings (SSSR count). The summed E-state index contributed by atoms with van der Waals surface area (Å²) in [6.45, 7) is 5.11. The van der Waals surface area contributed by atoms with Gasteiger partial charge in [-0.1, -0.05) is 19.8 Å². The quantitative estimate of drug-likeness (QED) is 0.291. The fourth-order valence-electron chi connectivity index (χ4n) is 1.77. The van der Waals surface area contributed by atoms with Crippen molar-refractivity contribution in [3.8, 4) is 0 Å². The zero-order chi connectivity index (χ0) is 13.8. The van der Waals surface area contributed by atoms with Crippen molar-refractivity contribution in [2.75, 3.05) is 20.1 Å². The summed E-state index contributed by atoms with van der Waals surface area (Å²) < 4.78 is 2.00. The number of nitrogens with zero attached hydrogens (tertiary/aromatic N) is 4. The van der Waals surface area contributed by atoms with Gasteiger partial charge < -0.3 is 15.2 Å². The third-order valence-corrected chi connectivity index (χ3v) is 2.90. The largest absolute Gasteiger partial charge is 0.356 e. The highest BCUT2D eigenvalue weighted by atomic mass is 127. The molecule has 116 valence electrons. The molecule has 0 bridgehead atoms. The monoisotopic (exact) mass is 394 g/mol. The van der Waals surface area contributed by atoms with Crippen molar-refractivity contribution in [1.29, 1.82) is 0 Å². The van der Waals surface area contributed by atoms with Gasteiger partial charge in [-0.2, -0.15) is 0 Å². The van der Waals surface area contributed by atoms with E-state index < -0.39 is 0 Å². The van der Waals surface area contributed by atoms with Crippen molar-refractivity contribution in [1.82, 2.24) is 25.4 Å². The topological polar surface area (TPSA) is 67.1 Å². The lowest BCUT2D eigenvalue weighted by molar-refractivity contribution is 0.596. The molecule has 0 aliphatic rings. The molecule has 0 aliphatic carbocycles. The number of rotatable bonds is 9. The van der Waals surface area contributed by atoms with Gasteiger partial charge in [-0.25, -0.2) is 0 Å². The van der Waals surface area contributed by atoms with E-state index in [0.29, 0.717) is 0 Å². The first-order valence-corrected chi connectivity index (χ1v) is 7.13. The summed E-state index contributed by atoms with van der Waals surface area (Å²) in [4.78, 5) is 4.20. The summed E-state index contributed by atoms with van der Waals surface area (Å²) in [5, 5.41) is 14.2. The maximum atomic E-state index is 4.20. The van der Waals surface area contributed by atoms with E-state index in [1.165, 1.54) is 19.3 Å². The molecule has 0 saturated heterocycles. The van der Waals surface area contributed by atoms with Crippen molar-refractivity contribution < 1.29 is 0 Å². The zero-order valence-corrected chi connectivity index (χ0v) is 14.8. The minimum atomic E-state index is 0. The van der Waals surface area contributed by atoms with Crippen molar-refractivity contribution in [2.24, 2.45) is 4.99 Å². The molecular weight excluding hydrogens is 367 g/mol. The fourth-order valence-corrected chi connectivity index (χ4v) is 1.77. The molecule has 1 aromatic rings. The number of aliphatic imine (C=N–C) groups is 1. The van der Waals surface area contributed by atoms with Gasteiger partial charge in [-0.15, -0.1) is 34.2 Å². The number of guanidine groups is 1. The Labute approximate surface area is 138 Å². The lowest BCUT2D eigenvalue weighted by Gasteiger charge is -2.11. The average molecular weight is 394 g/mol. The molecule has 6 nitrogen and oxygen atoms in total. The van der Waals surface area contributed by atoms with Crippen LogP contribution in [0.2, 0.25) is 0 Å². The molecule has 7 heteroatoms. The molecule has 2 N–H and O–H groups in total. The second kappa shape index (κ2) is 13.1. The standard InChI is InChI=1S/C13H26N6.HI/c1-3-4-5-8-15-13(14-2)16-9-6-7-10-19-11-17-18-12-19;/h11-12H,3-10H2,1-2H3,(H2,14,15,16);1H. The third-order valence-electron chi connectivity index (χ3n) is 2.90. The van der Waals surface area contributed by atoms with E-state index in [9.17, 15) is 0 Å². The van der Waals surface area contributed by atoms with Crippen LogP contribution in [-0.4, -0.2) is 40.9 Å². The maximum absolute atomic E-state index is 4.20. The second-order valence-electron chi connectivity index (χ2n) is 4.54. The number of halogens is 1. The van der Waals surface area contributed by atoms with Crippen molar-refractivity contribution in [3.05, 3.63) is 12.7 Å². The van der Waals surface area contributed by atoms with Gasteiger partial charge >= 0.3 is 0 Å². The predicted octanol–water partition coefficient (Wildman–Crippen LogP) is 2.03. The lowest BCUT2D eigenvalue weighted by atomic mass is 10.2. The Kier molecular flexibility index (Phi) is 12.6. The van der Waals surface area contributed by atoms with Gasteiger partial charge in [0.05, 0.1) is 0 Å². The van der Waals surface area contributed by atoms with Gasteiger partial charge in [0.15, 0.2) is 5.96 Å². The van der Waals surface area contributed by atoms with Crippen molar-refractivity contribution in [2.45, 2.75) is 45.6 Å². The first-order chi connectivity index (χ1) is 9.36. The predicted molar refractivity (Wildman–Crippen MR) is 93.6 cm³/mol. The highest BCUT2D eigenvalue weighted by Crippen LogP contribution is 1.93. The van der Waals surface area contributed by atoms with Crippen LogP contribution in [0.3, 0.4) is 0 Å². The van der Waals surface area contributed by atoms with Crippen LogP contribution in [0, 0.1) is 0 Å². The molecule has 0 saturated carbocycles. The first-order valence-electron chi connectivity index (χ1n) is 7.13. The zero-order valence-electron chi connectivity index (χ0n) is 12.5. The highest BCUT2D eigenvalue weighted by Gasteiger charge is 1.96. The molecule has 0 aromatic carbocycles. The number of aryl methyl sites for hydroxylation is 1. The second-order valence-corrected chi connectivity index (χ2v) is 4.54. The molecule has 0 radical (unpaired) electrons. The molecule has 0 unspecified atom stereocenters. The van der Waals surface area contributed by atoms with E-state index in [1.807, 2.05) is 11.6 Å². The van der Waals surface area contributed by atoms with Crippen molar-refractivity contribution >= 4 is 29.9 Å². The molecule has 0 atom stereocenters. The number of nitrogens with one attached hydrogen (secondary N) is 2. The van der Waals surface area contributed by atoms with Gasteiger partial charge in [-0.3, -0.25) is 4.99 Å². The summed E-state index contributed by atoms with van der Waals surface area (Å²) in [7, 11) is 1.81. The van der Waals surface area contributed by atoms with Gasteiger partial charge in [0, 0.05) is 26.7 Å². The number of unbranched alkanes of at least 4 members (excludes halogenated alkanes) is 3.